The van der Waals surface area contributed by atoms with Gasteiger partial charge in [-0.05, 0) is 54.1 Å². The van der Waals surface area contributed by atoms with E-state index >= 15 is 0 Å². The van der Waals surface area contributed by atoms with Crippen molar-refractivity contribution in [2.24, 2.45) is 0 Å². The first kappa shape index (κ1) is 21.8. The normalized spacial score (nSPS) is 11.0. The summed E-state index contributed by atoms with van der Waals surface area (Å²) in [5, 5.41) is 5.51. The molecule has 0 aliphatic rings. The first-order chi connectivity index (χ1) is 14.7. The van der Waals surface area contributed by atoms with Gasteiger partial charge in [-0.1, -0.05) is 12.1 Å². The number of nitrogens with one attached hydrogen (secondary N) is 2. The van der Waals surface area contributed by atoms with E-state index in [0.717, 1.165) is 17.8 Å². The first-order valence-corrected chi connectivity index (χ1v) is 9.16. The Balaban J connectivity index is 1.57. The van der Waals surface area contributed by atoms with E-state index in [1.807, 2.05) is 0 Å². The molecule has 6 nitrogen and oxygen atoms in total. The van der Waals surface area contributed by atoms with Crippen LogP contribution < -0.4 is 15.4 Å². The van der Waals surface area contributed by atoms with Gasteiger partial charge < -0.3 is 15.4 Å². The number of carbonyl (C=O) groups excluding carboxylic acids is 2. The van der Waals surface area contributed by atoms with E-state index in [0.29, 0.717) is 17.0 Å². The number of rotatable bonds is 6. The zero-order valence-corrected chi connectivity index (χ0v) is 16.4. The second-order valence-electron chi connectivity index (χ2n) is 6.57. The van der Waals surface area contributed by atoms with Crippen molar-refractivity contribution in [3.8, 4) is 5.75 Å². The largest absolute Gasteiger partial charge is 0.433 e. The summed E-state index contributed by atoms with van der Waals surface area (Å²) in [6, 6.07) is 15.2. The van der Waals surface area contributed by atoms with Crippen LogP contribution >= 0.6 is 0 Å². The van der Waals surface area contributed by atoms with Crippen LogP contribution in [0.25, 0.3) is 0 Å². The third-order valence-electron chi connectivity index (χ3n) is 4.12. The minimum atomic E-state index is -4.51. The predicted octanol–water partition coefficient (Wildman–Crippen LogP) is 4.89. The van der Waals surface area contributed by atoms with Gasteiger partial charge in [0.25, 0.3) is 0 Å². The number of benzene rings is 2. The molecule has 2 aromatic carbocycles. The highest BCUT2D eigenvalue weighted by molar-refractivity contribution is 5.91. The van der Waals surface area contributed by atoms with E-state index in [1.54, 1.807) is 48.5 Å². The molecule has 31 heavy (non-hydrogen) atoms. The molecule has 1 amide bonds. The van der Waals surface area contributed by atoms with E-state index in [4.69, 9.17) is 4.74 Å². The van der Waals surface area contributed by atoms with E-state index < -0.39 is 17.8 Å². The summed E-state index contributed by atoms with van der Waals surface area (Å²) < 4.78 is 43.5. The number of hydrogen-bond donors (Lipinski definition) is 2. The highest BCUT2D eigenvalue weighted by Gasteiger charge is 2.32. The maximum Gasteiger partial charge on any atom is 0.433 e. The van der Waals surface area contributed by atoms with Crippen LogP contribution in [0.1, 0.15) is 28.5 Å². The lowest BCUT2D eigenvalue weighted by atomic mass is 10.1. The van der Waals surface area contributed by atoms with Gasteiger partial charge in [0, 0.05) is 31.0 Å². The Labute approximate surface area is 176 Å². The molecule has 0 saturated carbocycles. The Morgan fingerprint density at radius 2 is 1.65 bits per heavy atom. The molecule has 0 aliphatic carbocycles. The summed E-state index contributed by atoms with van der Waals surface area (Å²) >= 11 is 0. The lowest BCUT2D eigenvalue weighted by Gasteiger charge is -2.10. The van der Waals surface area contributed by atoms with Gasteiger partial charge in [0.2, 0.25) is 5.91 Å². The fourth-order valence-corrected chi connectivity index (χ4v) is 2.63. The second kappa shape index (κ2) is 9.29. The van der Waals surface area contributed by atoms with Crippen LogP contribution in [0.3, 0.4) is 0 Å². The van der Waals surface area contributed by atoms with Gasteiger partial charge in [0.05, 0.1) is 5.56 Å². The molecule has 0 spiro atoms. The van der Waals surface area contributed by atoms with Crippen LogP contribution in [0, 0.1) is 0 Å². The molecule has 0 bridgehead atoms. The van der Waals surface area contributed by atoms with Crippen LogP contribution in [0.15, 0.2) is 66.9 Å². The number of aromatic nitrogens is 1. The summed E-state index contributed by atoms with van der Waals surface area (Å²) in [5.74, 6) is -0.442. The maximum absolute atomic E-state index is 12.7. The summed E-state index contributed by atoms with van der Waals surface area (Å²) in [7, 11) is 0. The molecule has 0 unspecified atom stereocenters. The van der Waals surface area contributed by atoms with Gasteiger partial charge in [0.15, 0.2) is 0 Å². The number of alkyl halides is 3. The van der Waals surface area contributed by atoms with Gasteiger partial charge in [0.1, 0.15) is 11.4 Å². The molecule has 3 rings (SSSR count). The predicted molar refractivity (Wildman–Crippen MR) is 109 cm³/mol. The lowest BCUT2D eigenvalue weighted by molar-refractivity contribution is -0.141. The van der Waals surface area contributed by atoms with Gasteiger partial charge in [-0.25, -0.2) is 4.79 Å². The molecule has 0 fully saturated rings. The van der Waals surface area contributed by atoms with Gasteiger partial charge in [-0.15, -0.1) is 0 Å². The van der Waals surface area contributed by atoms with Gasteiger partial charge >= 0.3 is 12.1 Å². The third-order valence-corrected chi connectivity index (χ3v) is 4.12. The zero-order valence-electron chi connectivity index (χ0n) is 16.4. The van der Waals surface area contributed by atoms with Crippen molar-refractivity contribution in [1.82, 2.24) is 4.98 Å². The summed E-state index contributed by atoms with van der Waals surface area (Å²) in [4.78, 5) is 26.6. The van der Waals surface area contributed by atoms with Crippen LogP contribution in [-0.4, -0.2) is 16.9 Å². The molecule has 1 aromatic heterocycles. The molecule has 1 heterocycles. The summed E-state index contributed by atoms with van der Waals surface area (Å²) in [6.07, 6.45) is -3.42. The third kappa shape index (κ3) is 6.30. The monoisotopic (exact) mass is 429 g/mol. The minimum absolute atomic E-state index is 0.205. The summed E-state index contributed by atoms with van der Waals surface area (Å²) in [6.45, 7) is 1.66. The number of carbonyl (C=O) groups is 2. The quantitative estimate of drug-likeness (QED) is 0.431. The molecule has 0 saturated heterocycles. The highest BCUT2D eigenvalue weighted by Crippen LogP contribution is 2.29. The topological polar surface area (TPSA) is 80.3 Å². The van der Waals surface area contributed by atoms with Crippen LogP contribution in [0.5, 0.6) is 5.75 Å². The van der Waals surface area contributed by atoms with E-state index in [9.17, 15) is 22.8 Å². The molecule has 160 valence electrons. The lowest BCUT2D eigenvalue weighted by Crippen LogP contribution is -2.10. The fraction of sp³-hybridized carbons (Fsp3) is 0.136. The van der Waals surface area contributed by atoms with Crippen LogP contribution in [-0.2, 0) is 17.5 Å². The van der Waals surface area contributed by atoms with Crippen molar-refractivity contribution in [3.05, 3.63) is 83.7 Å². The Kier molecular flexibility index (Phi) is 6.54. The average molecular weight is 429 g/mol. The molecule has 0 aliphatic heterocycles. The Hall–Kier alpha value is -3.88. The van der Waals surface area contributed by atoms with Crippen molar-refractivity contribution in [2.75, 3.05) is 10.6 Å². The number of ether oxygens (including phenoxy) is 1. The van der Waals surface area contributed by atoms with E-state index in [1.165, 1.54) is 13.0 Å². The highest BCUT2D eigenvalue weighted by atomic mass is 19.4. The molecule has 3 aromatic rings. The SMILES string of the molecule is CC(=O)Nc1ccc(OC(=O)c2ccc(CNc3ccnc(C(F)(F)F)c3)cc2)cc1. The van der Waals surface area contributed by atoms with Crippen molar-refractivity contribution in [1.29, 1.82) is 0 Å². The number of esters is 1. The Morgan fingerprint density at radius 3 is 2.26 bits per heavy atom. The maximum atomic E-state index is 12.7. The van der Waals surface area contributed by atoms with Crippen LogP contribution in [0.4, 0.5) is 24.5 Å². The summed E-state index contributed by atoms with van der Waals surface area (Å²) in [5.41, 5.74) is 0.981. The standard InChI is InChI=1S/C22H18F3N3O3/c1-14(29)28-17-6-8-19(9-7-17)31-21(30)16-4-2-15(3-5-16)13-27-18-10-11-26-20(12-18)22(23,24)25/h2-12H,13H2,1H3,(H,26,27)(H,28,29). The number of halogens is 3. The van der Waals surface area contributed by atoms with Crippen molar-refractivity contribution in [3.63, 3.8) is 0 Å². The second-order valence-corrected chi connectivity index (χ2v) is 6.57. The fourth-order valence-electron chi connectivity index (χ4n) is 2.63. The van der Waals surface area contributed by atoms with Gasteiger partial charge in [-0.3, -0.25) is 9.78 Å². The Bertz CT molecular complexity index is 1070. The number of nitrogens with zero attached hydrogens (tertiary/aromatic N) is 1. The molecule has 0 atom stereocenters. The first-order valence-electron chi connectivity index (χ1n) is 9.16. The number of pyridine rings is 1. The molecular formula is C22H18F3N3O3. The van der Waals surface area contributed by atoms with Crippen molar-refractivity contribution >= 4 is 23.3 Å². The molecular weight excluding hydrogens is 411 g/mol. The number of anilines is 2. The van der Waals surface area contributed by atoms with Crippen molar-refractivity contribution in [2.45, 2.75) is 19.6 Å². The van der Waals surface area contributed by atoms with Crippen molar-refractivity contribution < 1.29 is 27.5 Å². The smallest absolute Gasteiger partial charge is 0.423 e. The molecule has 2 N–H and O–H groups in total. The minimum Gasteiger partial charge on any atom is -0.423 e. The molecule has 9 heteroatoms. The van der Waals surface area contributed by atoms with Crippen LogP contribution in [0.2, 0.25) is 0 Å². The zero-order chi connectivity index (χ0) is 22.4. The average Bonchev–Trinajstić information content (AvgIpc) is 2.73. The molecule has 0 radical (unpaired) electrons. The van der Waals surface area contributed by atoms with Gasteiger partial charge in [-0.2, -0.15) is 13.2 Å². The van der Waals surface area contributed by atoms with E-state index in [-0.39, 0.29) is 18.1 Å². The number of amides is 1. The Morgan fingerprint density at radius 1 is 0.968 bits per heavy atom. The number of hydrogen-bond acceptors (Lipinski definition) is 5. The van der Waals surface area contributed by atoms with E-state index in [2.05, 4.69) is 15.6 Å².